The van der Waals surface area contributed by atoms with Crippen LogP contribution in [0.15, 0.2) is 30.3 Å². The van der Waals surface area contributed by atoms with E-state index in [1.165, 1.54) is 18.4 Å². The third-order valence-electron chi connectivity index (χ3n) is 6.44. The SMILES string of the molecule is CC(=O)N1CCCC[C@H]2[C@@H]1[C@H](c1ccccc1)CN2C1CCOCC1. The molecule has 0 aliphatic carbocycles. The monoisotopic (exact) mass is 342 g/mol. The lowest BCUT2D eigenvalue weighted by Crippen LogP contribution is -2.50. The molecule has 0 unspecified atom stereocenters. The Kier molecular flexibility index (Phi) is 5.09. The Balaban J connectivity index is 1.68. The second-order valence-corrected chi connectivity index (χ2v) is 7.82. The zero-order valence-electron chi connectivity index (χ0n) is 15.3. The second-order valence-electron chi connectivity index (χ2n) is 7.82. The highest BCUT2D eigenvalue weighted by molar-refractivity contribution is 5.74. The van der Waals surface area contributed by atoms with E-state index < -0.39 is 0 Å². The lowest BCUT2D eigenvalue weighted by atomic mass is 9.89. The molecule has 136 valence electrons. The van der Waals surface area contributed by atoms with Crippen molar-refractivity contribution in [2.75, 3.05) is 26.3 Å². The van der Waals surface area contributed by atoms with Crippen LogP contribution in [0, 0.1) is 0 Å². The van der Waals surface area contributed by atoms with Crippen LogP contribution in [0.5, 0.6) is 0 Å². The molecule has 4 rings (SSSR count). The van der Waals surface area contributed by atoms with Gasteiger partial charge in [0.25, 0.3) is 0 Å². The molecule has 3 aliphatic rings. The molecule has 0 radical (unpaired) electrons. The largest absolute Gasteiger partial charge is 0.381 e. The normalized spacial score (nSPS) is 31.6. The molecule has 3 atom stereocenters. The van der Waals surface area contributed by atoms with Crippen LogP contribution < -0.4 is 0 Å². The standard InChI is InChI=1S/C21H30N2O2/c1-16(24)22-12-6-5-9-20-21(22)19(17-7-3-2-4-8-17)15-23(20)18-10-13-25-14-11-18/h2-4,7-8,18-21H,5-6,9-15H2,1H3/t19-,20-,21-/m0/s1. The Morgan fingerprint density at radius 2 is 1.84 bits per heavy atom. The lowest BCUT2D eigenvalue weighted by Gasteiger charge is -2.38. The fourth-order valence-electron chi connectivity index (χ4n) is 5.29. The van der Waals surface area contributed by atoms with Crippen molar-refractivity contribution in [2.45, 2.75) is 63.1 Å². The Morgan fingerprint density at radius 1 is 1.08 bits per heavy atom. The Morgan fingerprint density at radius 3 is 2.56 bits per heavy atom. The van der Waals surface area contributed by atoms with E-state index in [1.807, 2.05) is 0 Å². The van der Waals surface area contributed by atoms with Crippen molar-refractivity contribution in [1.82, 2.24) is 9.80 Å². The molecule has 3 saturated heterocycles. The Hall–Kier alpha value is -1.39. The van der Waals surface area contributed by atoms with Crippen molar-refractivity contribution in [2.24, 2.45) is 0 Å². The van der Waals surface area contributed by atoms with Gasteiger partial charge in [0.15, 0.2) is 0 Å². The quantitative estimate of drug-likeness (QED) is 0.828. The minimum absolute atomic E-state index is 0.242. The van der Waals surface area contributed by atoms with Gasteiger partial charge in [-0.2, -0.15) is 0 Å². The van der Waals surface area contributed by atoms with Gasteiger partial charge in [-0.1, -0.05) is 36.8 Å². The second kappa shape index (κ2) is 7.46. The number of likely N-dealkylation sites (tertiary alicyclic amines) is 2. The first kappa shape index (κ1) is 17.0. The summed E-state index contributed by atoms with van der Waals surface area (Å²) in [6, 6.07) is 12.3. The lowest BCUT2D eigenvalue weighted by molar-refractivity contribution is -0.131. The maximum Gasteiger partial charge on any atom is 0.219 e. The number of ether oxygens (including phenoxy) is 1. The van der Waals surface area contributed by atoms with Crippen molar-refractivity contribution in [3.63, 3.8) is 0 Å². The summed E-state index contributed by atoms with van der Waals surface area (Å²) < 4.78 is 5.60. The molecule has 4 nitrogen and oxygen atoms in total. The Bertz CT molecular complexity index is 585. The summed E-state index contributed by atoms with van der Waals surface area (Å²) in [5, 5.41) is 0. The first-order chi connectivity index (χ1) is 12.3. The first-order valence-corrected chi connectivity index (χ1v) is 9.91. The first-order valence-electron chi connectivity index (χ1n) is 9.91. The van der Waals surface area contributed by atoms with Crippen molar-refractivity contribution < 1.29 is 9.53 Å². The van der Waals surface area contributed by atoms with Crippen LogP contribution in [0.3, 0.4) is 0 Å². The fourth-order valence-corrected chi connectivity index (χ4v) is 5.29. The average Bonchev–Trinajstić information content (AvgIpc) is 2.88. The number of carbonyl (C=O) groups excluding carboxylic acids is 1. The number of carbonyl (C=O) groups is 1. The van der Waals surface area contributed by atoms with Gasteiger partial charge >= 0.3 is 0 Å². The zero-order chi connectivity index (χ0) is 17.2. The fraction of sp³-hybridized carbons (Fsp3) is 0.667. The van der Waals surface area contributed by atoms with E-state index in [9.17, 15) is 4.79 Å². The minimum Gasteiger partial charge on any atom is -0.381 e. The molecule has 0 spiro atoms. The number of rotatable bonds is 2. The van der Waals surface area contributed by atoms with E-state index in [2.05, 4.69) is 40.1 Å². The summed E-state index contributed by atoms with van der Waals surface area (Å²) >= 11 is 0. The van der Waals surface area contributed by atoms with Crippen molar-refractivity contribution in [1.29, 1.82) is 0 Å². The summed E-state index contributed by atoms with van der Waals surface area (Å²) in [4.78, 5) is 17.4. The van der Waals surface area contributed by atoms with Crippen molar-refractivity contribution in [3.05, 3.63) is 35.9 Å². The molecular formula is C21H30N2O2. The van der Waals surface area contributed by atoms with Gasteiger partial charge < -0.3 is 9.64 Å². The molecule has 3 heterocycles. The molecule has 0 bridgehead atoms. The van der Waals surface area contributed by atoms with Gasteiger partial charge in [0.2, 0.25) is 5.91 Å². The molecule has 25 heavy (non-hydrogen) atoms. The van der Waals surface area contributed by atoms with Crippen LogP contribution in [0.4, 0.5) is 0 Å². The van der Waals surface area contributed by atoms with E-state index in [0.717, 1.165) is 45.6 Å². The molecule has 0 saturated carbocycles. The summed E-state index contributed by atoms with van der Waals surface area (Å²) in [5.41, 5.74) is 1.39. The number of amides is 1. The van der Waals surface area contributed by atoms with Crippen molar-refractivity contribution in [3.8, 4) is 0 Å². The van der Waals surface area contributed by atoms with Gasteiger partial charge in [0.05, 0.1) is 6.04 Å². The maximum atomic E-state index is 12.4. The predicted molar refractivity (Wildman–Crippen MR) is 98.5 cm³/mol. The summed E-state index contributed by atoms with van der Waals surface area (Å²) in [6.45, 7) is 5.51. The molecule has 0 aromatic heterocycles. The number of hydrogen-bond donors (Lipinski definition) is 0. The van der Waals surface area contributed by atoms with Crippen LogP contribution >= 0.6 is 0 Å². The van der Waals surface area contributed by atoms with Gasteiger partial charge in [0, 0.05) is 51.2 Å². The van der Waals surface area contributed by atoms with Gasteiger partial charge in [-0.25, -0.2) is 0 Å². The number of hydrogen-bond acceptors (Lipinski definition) is 3. The summed E-state index contributed by atoms with van der Waals surface area (Å²) in [6.07, 6.45) is 5.84. The van der Waals surface area contributed by atoms with Gasteiger partial charge in [-0.05, 0) is 31.2 Å². The van der Waals surface area contributed by atoms with Crippen LogP contribution in [0.1, 0.15) is 50.5 Å². The summed E-state index contributed by atoms with van der Waals surface area (Å²) in [7, 11) is 0. The van der Waals surface area contributed by atoms with Gasteiger partial charge in [-0.15, -0.1) is 0 Å². The van der Waals surface area contributed by atoms with E-state index in [-0.39, 0.29) is 5.91 Å². The number of fused-ring (bicyclic) bond motifs is 1. The van der Waals surface area contributed by atoms with Crippen LogP contribution in [-0.2, 0) is 9.53 Å². The third kappa shape index (κ3) is 3.34. The molecular weight excluding hydrogens is 312 g/mol. The Labute approximate surface area is 151 Å². The highest BCUT2D eigenvalue weighted by atomic mass is 16.5. The highest BCUT2D eigenvalue weighted by Crippen LogP contribution is 2.41. The smallest absolute Gasteiger partial charge is 0.219 e. The number of nitrogens with zero attached hydrogens (tertiary/aromatic N) is 2. The van der Waals surface area contributed by atoms with E-state index >= 15 is 0 Å². The molecule has 1 aromatic carbocycles. The van der Waals surface area contributed by atoms with E-state index in [4.69, 9.17) is 4.74 Å². The van der Waals surface area contributed by atoms with Crippen LogP contribution in [-0.4, -0.2) is 60.1 Å². The zero-order valence-corrected chi connectivity index (χ0v) is 15.3. The highest BCUT2D eigenvalue weighted by Gasteiger charge is 2.48. The van der Waals surface area contributed by atoms with Gasteiger partial charge in [0.1, 0.15) is 0 Å². The predicted octanol–water partition coefficient (Wildman–Crippen LogP) is 3.03. The minimum atomic E-state index is 0.242. The van der Waals surface area contributed by atoms with E-state index in [0.29, 0.717) is 24.0 Å². The third-order valence-corrected chi connectivity index (χ3v) is 6.44. The van der Waals surface area contributed by atoms with E-state index in [1.54, 1.807) is 6.92 Å². The van der Waals surface area contributed by atoms with Crippen molar-refractivity contribution >= 4 is 5.91 Å². The molecule has 3 fully saturated rings. The molecule has 1 amide bonds. The molecule has 3 aliphatic heterocycles. The maximum absolute atomic E-state index is 12.4. The topological polar surface area (TPSA) is 32.8 Å². The average molecular weight is 342 g/mol. The van der Waals surface area contributed by atoms with Crippen LogP contribution in [0.25, 0.3) is 0 Å². The van der Waals surface area contributed by atoms with Crippen LogP contribution in [0.2, 0.25) is 0 Å². The molecule has 1 aromatic rings. The number of benzene rings is 1. The summed E-state index contributed by atoms with van der Waals surface area (Å²) in [5.74, 6) is 0.669. The molecule has 0 N–H and O–H groups in total. The molecule has 4 heteroatoms. The van der Waals surface area contributed by atoms with Gasteiger partial charge in [-0.3, -0.25) is 9.69 Å².